The van der Waals surface area contributed by atoms with Crippen LogP contribution in [0.5, 0.6) is 0 Å². The molecule has 2 amide bonds. The molecule has 2 heterocycles. The number of nitrogens with zero attached hydrogens (tertiary/aromatic N) is 3. The number of carbonyl (C=O) groups is 2. The zero-order valence-electron chi connectivity index (χ0n) is 16.1. The Bertz CT molecular complexity index is 466. The van der Waals surface area contributed by atoms with Crippen molar-refractivity contribution in [1.29, 1.82) is 0 Å². The number of piperidine rings is 1. The first kappa shape index (κ1) is 18.7. The highest BCUT2D eigenvalue weighted by atomic mass is 16.2. The molecule has 0 spiro atoms. The SMILES string of the molecule is CC(C)N1CCN(C(=O)C2CCC(=O)N(CC3CCCCC3)C2)CC1. The van der Waals surface area contributed by atoms with Crippen LogP contribution >= 0.6 is 0 Å². The van der Waals surface area contributed by atoms with Crippen LogP contribution in [-0.4, -0.2) is 71.8 Å². The molecule has 1 unspecified atom stereocenters. The molecule has 0 aromatic rings. The second-order valence-electron chi connectivity index (χ2n) is 8.49. The largest absolute Gasteiger partial charge is 0.342 e. The van der Waals surface area contributed by atoms with E-state index >= 15 is 0 Å². The summed E-state index contributed by atoms with van der Waals surface area (Å²) >= 11 is 0. The Kier molecular flexibility index (Phi) is 6.37. The molecule has 0 bridgehead atoms. The molecule has 142 valence electrons. The van der Waals surface area contributed by atoms with E-state index in [9.17, 15) is 9.59 Å². The van der Waals surface area contributed by atoms with Crippen LogP contribution in [-0.2, 0) is 9.59 Å². The van der Waals surface area contributed by atoms with Gasteiger partial charge in [-0.3, -0.25) is 14.5 Å². The molecule has 25 heavy (non-hydrogen) atoms. The van der Waals surface area contributed by atoms with E-state index in [2.05, 4.69) is 18.7 Å². The van der Waals surface area contributed by atoms with Gasteiger partial charge in [0.15, 0.2) is 0 Å². The number of hydrogen-bond acceptors (Lipinski definition) is 3. The fourth-order valence-corrected chi connectivity index (χ4v) is 4.69. The lowest BCUT2D eigenvalue weighted by Crippen LogP contribution is -2.54. The normalized spacial score (nSPS) is 27.2. The Morgan fingerprint density at radius 3 is 2.36 bits per heavy atom. The first-order valence-corrected chi connectivity index (χ1v) is 10.3. The molecule has 3 rings (SSSR count). The number of likely N-dealkylation sites (tertiary alicyclic amines) is 1. The molecule has 3 aliphatic rings. The minimum Gasteiger partial charge on any atom is -0.342 e. The molecule has 5 nitrogen and oxygen atoms in total. The zero-order valence-corrected chi connectivity index (χ0v) is 16.1. The van der Waals surface area contributed by atoms with Gasteiger partial charge in [-0.2, -0.15) is 0 Å². The van der Waals surface area contributed by atoms with E-state index in [4.69, 9.17) is 0 Å². The Hall–Kier alpha value is -1.10. The van der Waals surface area contributed by atoms with Crippen molar-refractivity contribution in [2.75, 3.05) is 39.3 Å². The van der Waals surface area contributed by atoms with Crippen LogP contribution in [0.2, 0.25) is 0 Å². The van der Waals surface area contributed by atoms with Crippen molar-refractivity contribution < 1.29 is 9.59 Å². The number of rotatable bonds is 4. The summed E-state index contributed by atoms with van der Waals surface area (Å²) in [6, 6.07) is 0.551. The Labute approximate surface area is 152 Å². The van der Waals surface area contributed by atoms with Gasteiger partial charge in [0.1, 0.15) is 0 Å². The second-order valence-corrected chi connectivity index (χ2v) is 8.49. The molecule has 1 saturated carbocycles. The van der Waals surface area contributed by atoms with Gasteiger partial charge in [0.25, 0.3) is 0 Å². The summed E-state index contributed by atoms with van der Waals surface area (Å²) in [5.74, 6) is 1.22. The molecule has 2 saturated heterocycles. The molecule has 1 atom stereocenters. The van der Waals surface area contributed by atoms with Crippen LogP contribution in [0.4, 0.5) is 0 Å². The van der Waals surface area contributed by atoms with Crippen LogP contribution in [0, 0.1) is 11.8 Å². The van der Waals surface area contributed by atoms with Crippen molar-refractivity contribution in [2.24, 2.45) is 11.8 Å². The van der Waals surface area contributed by atoms with Crippen molar-refractivity contribution in [3.8, 4) is 0 Å². The van der Waals surface area contributed by atoms with Crippen molar-refractivity contribution in [3.05, 3.63) is 0 Å². The minimum absolute atomic E-state index is 0.0203. The van der Waals surface area contributed by atoms with Crippen LogP contribution in [0.1, 0.15) is 58.8 Å². The molecule has 0 aromatic heterocycles. The third-order valence-corrected chi connectivity index (χ3v) is 6.41. The van der Waals surface area contributed by atoms with Gasteiger partial charge < -0.3 is 9.80 Å². The minimum atomic E-state index is 0.0203. The zero-order chi connectivity index (χ0) is 17.8. The van der Waals surface area contributed by atoms with Gasteiger partial charge in [-0.25, -0.2) is 0 Å². The van der Waals surface area contributed by atoms with Crippen LogP contribution < -0.4 is 0 Å². The number of hydrogen-bond donors (Lipinski definition) is 0. The smallest absolute Gasteiger partial charge is 0.227 e. The molecule has 1 aliphatic carbocycles. The van der Waals surface area contributed by atoms with Gasteiger partial charge >= 0.3 is 0 Å². The van der Waals surface area contributed by atoms with Gasteiger partial charge in [-0.1, -0.05) is 19.3 Å². The molecule has 5 heteroatoms. The first-order chi connectivity index (χ1) is 12.0. The van der Waals surface area contributed by atoms with E-state index in [1.54, 1.807) is 0 Å². The van der Waals surface area contributed by atoms with Crippen molar-refractivity contribution in [1.82, 2.24) is 14.7 Å². The number of amides is 2. The van der Waals surface area contributed by atoms with Crippen LogP contribution in [0.15, 0.2) is 0 Å². The molecular weight excluding hydrogens is 314 g/mol. The maximum Gasteiger partial charge on any atom is 0.227 e. The monoisotopic (exact) mass is 349 g/mol. The van der Waals surface area contributed by atoms with E-state index in [1.807, 2.05) is 9.80 Å². The number of piperazine rings is 1. The van der Waals surface area contributed by atoms with E-state index in [-0.39, 0.29) is 17.7 Å². The highest BCUT2D eigenvalue weighted by molar-refractivity contribution is 5.84. The lowest BCUT2D eigenvalue weighted by Gasteiger charge is -2.40. The molecule has 3 fully saturated rings. The predicted molar refractivity (Wildman–Crippen MR) is 99.2 cm³/mol. The molecule has 0 N–H and O–H groups in total. The second kappa shape index (κ2) is 8.52. The lowest BCUT2D eigenvalue weighted by molar-refractivity contribution is -0.144. The fraction of sp³-hybridized carbons (Fsp3) is 0.900. The highest BCUT2D eigenvalue weighted by Gasteiger charge is 2.34. The maximum atomic E-state index is 12.9. The third kappa shape index (κ3) is 4.75. The summed E-state index contributed by atoms with van der Waals surface area (Å²) in [6.45, 7) is 9.58. The summed E-state index contributed by atoms with van der Waals surface area (Å²) in [5, 5.41) is 0. The van der Waals surface area contributed by atoms with Crippen molar-refractivity contribution in [3.63, 3.8) is 0 Å². The maximum absolute atomic E-state index is 12.9. The lowest BCUT2D eigenvalue weighted by atomic mass is 9.87. The van der Waals surface area contributed by atoms with Crippen LogP contribution in [0.3, 0.4) is 0 Å². The quantitative estimate of drug-likeness (QED) is 0.783. The van der Waals surface area contributed by atoms with Gasteiger partial charge in [-0.05, 0) is 39.0 Å². The molecule has 2 aliphatic heterocycles. The fourth-order valence-electron chi connectivity index (χ4n) is 4.69. The van der Waals surface area contributed by atoms with E-state index in [0.29, 0.717) is 24.9 Å². The predicted octanol–water partition coefficient (Wildman–Crippen LogP) is 2.36. The highest BCUT2D eigenvalue weighted by Crippen LogP contribution is 2.27. The summed E-state index contributed by atoms with van der Waals surface area (Å²) < 4.78 is 0. The third-order valence-electron chi connectivity index (χ3n) is 6.41. The van der Waals surface area contributed by atoms with E-state index in [0.717, 1.165) is 39.1 Å². The Morgan fingerprint density at radius 1 is 1.04 bits per heavy atom. The Balaban J connectivity index is 1.51. The van der Waals surface area contributed by atoms with Gasteiger partial charge in [-0.15, -0.1) is 0 Å². The standard InChI is InChI=1S/C20H35N3O2/c1-16(2)21-10-12-22(13-11-21)20(25)18-8-9-19(24)23(15-18)14-17-6-4-3-5-7-17/h16-18H,3-15H2,1-2H3. The van der Waals surface area contributed by atoms with E-state index in [1.165, 1.54) is 32.1 Å². The van der Waals surface area contributed by atoms with Crippen molar-refractivity contribution in [2.45, 2.75) is 64.8 Å². The molecule has 0 radical (unpaired) electrons. The average molecular weight is 350 g/mol. The van der Waals surface area contributed by atoms with Gasteiger partial charge in [0, 0.05) is 51.7 Å². The number of carbonyl (C=O) groups excluding carboxylic acids is 2. The Morgan fingerprint density at radius 2 is 1.72 bits per heavy atom. The van der Waals surface area contributed by atoms with Crippen LogP contribution in [0.25, 0.3) is 0 Å². The summed E-state index contributed by atoms with van der Waals surface area (Å²) in [5.41, 5.74) is 0. The topological polar surface area (TPSA) is 43.9 Å². The van der Waals surface area contributed by atoms with Gasteiger partial charge in [0.2, 0.25) is 11.8 Å². The first-order valence-electron chi connectivity index (χ1n) is 10.3. The van der Waals surface area contributed by atoms with Gasteiger partial charge in [0.05, 0.1) is 5.92 Å². The summed E-state index contributed by atoms with van der Waals surface area (Å²) in [6.07, 6.45) is 7.73. The summed E-state index contributed by atoms with van der Waals surface area (Å²) in [7, 11) is 0. The van der Waals surface area contributed by atoms with Crippen molar-refractivity contribution >= 4 is 11.8 Å². The molecule has 0 aromatic carbocycles. The average Bonchev–Trinajstić information content (AvgIpc) is 2.64. The van der Waals surface area contributed by atoms with E-state index < -0.39 is 0 Å². The molecular formula is C20H35N3O2. The summed E-state index contributed by atoms with van der Waals surface area (Å²) in [4.78, 5) is 31.7.